The van der Waals surface area contributed by atoms with E-state index in [1.807, 2.05) is 59.5 Å². The monoisotopic (exact) mass is 977 g/mol. The molecule has 0 spiro atoms. The number of hydrogen-bond acceptors (Lipinski definition) is 12. The Kier molecular flexibility index (Phi) is 14.1. The zero-order valence-electron chi connectivity index (χ0n) is 40.3. The van der Waals surface area contributed by atoms with Crippen LogP contribution in [0.1, 0.15) is 82.5 Å². The molecule has 0 bridgehead atoms. The summed E-state index contributed by atoms with van der Waals surface area (Å²) in [6, 6.07) is 25.4. The van der Waals surface area contributed by atoms with E-state index in [-0.39, 0.29) is 50.0 Å². The topological polar surface area (TPSA) is 227 Å². The van der Waals surface area contributed by atoms with Crippen LogP contribution >= 0.6 is 0 Å². The van der Waals surface area contributed by atoms with Gasteiger partial charge >= 0.3 is 5.97 Å². The van der Waals surface area contributed by atoms with Gasteiger partial charge in [0.1, 0.15) is 25.3 Å². The van der Waals surface area contributed by atoms with Gasteiger partial charge in [-0.05, 0) is 97.8 Å². The molecule has 72 heavy (non-hydrogen) atoms. The summed E-state index contributed by atoms with van der Waals surface area (Å²) in [6.45, 7) is 3.49. The standard InChI is InChI=1S/C54H55N7O11/c1-30(57-49(62)15-9-10-16-50(63)64)51(65)58-31(2)52(66)59-36-18-32(28-71-47-24-41-39(22-45(47)69-3)53(67)60-37(26-55-41)20-34-11-5-7-13-43(34)60)17-33(19-36)29-72-48-25-42-40(23-46(48)70-4)54(68)61-38(27-56-42)21-35-12-6-8-14-44(35)61/h5-8,11-14,17-19,22-26,30-31,37-38,56H,9-10,15-16,20-21,27-29H2,1-4H3,(H,57,62)(H,58,65)(H,59,66)(H,63,64)/t30?,31?,37-,38+/m1/s1. The number of carbonyl (C=O) groups excluding carboxylic acids is 5. The molecular formula is C54H55N7O11. The van der Waals surface area contributed by atoms with Crippen LogP contribution in [-0.4, -0.2) is 91.8 Å². The molecule has 5 aromatic rings. The SMILES string of the molecule is COc1cc2c(cc1OCc1cc(COc3cc4c(cc3OC)C(=O)N3c5ccccc5C[C@H]3CN4)cc(NC(=O)C(C)NC(=O)C(C)NC(=O)CCCCC(=O)O)c1)N=C[C@H]1Cc3ccccc3N1C2=O. The Morgan fingerprint density at radius 1 is 0.708 bits per heavy atom. The lowest BCUT2D eigenvalue weighted by Crippen LogP contribution is -2.50. The molecule has 5 N–H and O–H groups in total. The molecule has 18 heteroatoms. The molecule has 0 aromatic heterocycles. The van der Waals surface area contributed by atoms with Crippen molar-refractivity contribution in [2.24, 2.45) is 4.99 Å². The quantitative estimate of drug-likeness (QED) is 0.0576. The molecule has 0 saturated heterocycles. The Labute approximate surface area is 415 Å². The van der Waals surface area contributed by atoms with Crippen LogP contribution in [-0.2, 0) is 45.2 Å². The smallest absolute Gasteiger partial charge is 0.303 e. The van der Waals surface area contributed by atoms with Crippen molar-refractivity contribution in [2.75, 3.05) is 41.2 Å². The third kappa shape index (κ3) is 10.2. The highest BCUT2D eigenvalue weighted by Gasteiger charge is 2.39. The molecule has 5 amide bonds. The van der Waals surface area contributed by atoms with Crippen molar-refractivity contribution in [1.29, 1.82) is 0 Å². The predicted molar refractivity (Wildman–Crippen MR) is 269 cm³/mol. The van der Waals surface area contributed by atoms with E-state index >= 15 is 0 Å². The van der Waals surface area contributed by atoms with E-state index in [1.165, 1.54) is 28.1 Å². The van der Waals surface area contributed by atoms with Crippen LogP contribution in [0.4, 0.5) is 28.4 Å². The number of aliphatic imine (C=N–C) groups is 1. The minimum atomic E-state index is -1.04. The molecule has 2 unspecified atom stereocenters. The second-order valence-electron chi connectivity index (χ2n) is 18.2. The van der Waals surface area contributed by atoms with Gasteiger partial charge in [-0.1, -0.05) is 36.4 Å². The molecule has 0 radical (unpaired) electrons. The minimum absolute atomic E-state index is 0.0124. The molecule has 5 aromatic carbocycles. The Bertz CT molecular complexity index is 3010. The van der Waals surface area contributed by atoms with Crippen LogP contribution in [0.2, 0.25) is 0 Å². The number of nitrogens with zero attached hydrogens (tertiary/aromatic N) is 3. The van der Waals surface area contributed by atoms with E-state index in [2.05, 4.69) is 21.3 Å². The number of carboxylic acids is 1. The first-order valence-electron chi connectivity index (χ1n) is 23.8. The van der Waals surface area contributed by atoms with Crippen molar-refractivity contribution in [3.8, 4) is 23.0 Å². The van der Waals surface area contributed by atoms with E-state index in [4.69, 9.17) is 29.0 Å². The number of aliphatic carboxylic acids is 1. The molecule has 4 aliphatic heterocycles. The number of amides is 5. The van der Waals surface area contributed by atoms with Gasteiger partial charge in [0.25, 0.3) is 11.8 Å². The normalized spacial score (nSPS) is 16.7. The highest BCUT2D eigenvalue weighted by Crippen LogP contribution is 2.43. The number of carboxylic acid groups (broad SMARTS) is 1. The number of carbonyl (C=O) groups is 6. The zero-order valence-corrected chi connectivity index (χ0v) is 40.3. The van der Waals surface area contributed by atoms with Crippen molar-refractivity contribution < 1.29 is 52.8 Å². The number of methoxy groups -OCH3 is 2. The van der Waals surface area contributed by atoms with Crippen LogP contribution < -0.4 is 50.0 Å². The second-order valence-corrected chi connectivity index (χ2v) is 18.2. The molecule has 372 valence electrons. The average Bonchev–Trinajstić information content (AvgIpc) is 3.86. The molecular weight excluding hydrogens is 923 g/mol. The lowest BCUT2D eigenvalue weighted by Gasteiger charge is -2.22. The first kappa shape index (κ1) is 48.6. The number of ether oxygens (including phenoxy) is 4. The molecule has 4 heterocycles. The maximum absolute atomic E-state index is 14.1. The Morgan fingerprint density at radius 2 is 1.31 bits per heavy atom. The van der Waals surface area contributed by atoms with Gasteiger partial charge in [0.15, 0.2) is 23.0 Å². The summed E-state index contributed by atoms with van der Waals surface area (Å²) in [7, 11) is 2.99. The summed E-state index contributed by atoms with van der Waals surface area (Å²) < 4.78 is 24.3. The van der Waals surface area contributed by atoms with Gasteiger partial charge in [-0.2, -0.15) is 0 Å². The van der Waals surface area contributed by atoms with E-state index in [1.54, 1.807) is 47.5 Å². The van der Waals surface area contributed by atoms with Gasteiger partial charge in [-0.25, -0.2) is 0 Å². The molecule has 9 rings (SSSR count). The predicted octanol–water partition coefficient (Wildman–Crippen LogP) is 6.74. The van der Waals surface area contributed by atoms with E-state index in [0.29, 0.717) is 88.1 Å². The van der Waals surface area contributed by atoms with Gasteiger partial charge in [0, 0.05) is 61.2 Å². The largest absolute Gasteiger partial charge is 0.493 e. The van der Waals surface area contributed by atoms with Crippen LogP contribution in [0.15, 0.2) is 96.0 Å². The summed E-state index contributed by atoms with van der Waals surface area (Å²) in [5.74, 6) is -1.49. The van der Waals surface area contributed by atoms with Crippen molar-refractivity contribution in [3.05, 3.63) is 124 Å². The average molecular weight is 978 g/mol. The van der Waals surface area contributed by atoms with Crippen LogP contribution in [0.3, 0.4) is 0 Å². The van der Waals surface area contributed by atoms with Crippen molar-refractivity contribution in [1.82, 2.24) is 10.6 Å². The fourth-order valence-electron chi connectivity index (χ4n) is 9.52. The first-order chi connectivity index (χ1) is 34.8. The van der Waals surface area contributed by atoms with Crippen molar-refractivity contribution in [2.45, 2.75) is 89.8 Å². The summed E-state index contributed by atoms with van der Waals surface area (Å²) in [5.41, 5.74) is 7.34. The fraction of sp³-hybridized carbons (Fsp3) is 0.315. The number of anilines is 4. The van der Waals surface area contributed by atoms with Crippen molar-refractivity contribution >= 4 is 70.2 Å². The van der Waals surface area contributed by atoms with Gasteiger partial charge in [0.2, 0.25) is 17.7 Å². The number of unbranched alkanes of at least 4 members (excludes halogenated alkanes) is 1. The molecule has 4 atom stereocenters. The first-order valence-corrected chi connectivity index (χ1v) is 23.8. The molecule has 18 nitrogen and oxygen atoms in total. The fourth-order valence-corrected chi connectivity index (χ4v) is 9.52. The van der Waals surface area contributed by atoms with E-state index in [9.17, 15) is 28.8 Å². The van der Waals surface area contributed by atoms with E-state index in [0.717, 1.165) is 28.9 Å². The Hall–Kier alpha value is -8.41. The molecule has 0 fully saturated rings. The van der Waals surface area contributed by atoms with Gasteiger partial charge < -0.3 is 50.2 Å². The van der Waals surface area contributed by atoms with Crippen LogP contribution in [0.25, 0.3) is 0 Å². The Morgan fingerprint density at radius 3 is 1.99 bits per heavy atom. The summed E-state index contributed by atoms with van der Waals surface area (Å²) in [4.78, 5) is 86.5. The number of fused-ring (bicyclic) bond motifs is 8. The third-order valence-electron chi connectivity index (χ3n) is 13.2. The number of hydrogen-bond donors (Lipinski definition) is 5. The number of rotatable bonds is 18. The maximum atomic E-state index is 14.1. The van der Waals surface area contributed by atoms with Crippen molar-refractivity contribution in [3.63, 3.8) is 0 Å². The zero-order chi connectivity index (χ0) is 50.6. The summed E-state index contributed by atoms with van der Waals surface area (Å²) in [6.07, 6.45) is 3.82. The number of nitrogens with one attached hydrogen (secondary N) is 4. The van der Waals surface area contributed by atoms with Gasteiger partial charge in [0.05, 0.1) is 48.8 Å². The summed E-state index contributed by atoms with van der Waals surface area (Å²) >= 11 is 0. The molecule has 0 aliphatic carbocycles. The second kappa shape index (κ2) is 20.9. The lowest BCUT2D eigenvalue weighted by atomic mass is 10.1. The number of para-hydroxylation sites is 2. The van der Waals surface area contributed by atoms with Gasteiger partial charge in [-0.15, -0.1) is 0 Å². The van der Waals surface area contributed by atoms with Crippen LogP contribution in [0.5, 0.6) is 23.0 Å². The molecule has 4 aliphatic rings. The Balaban J connectivity index is 0.939. The highest BCUT2D eigenvalue weighted by molar-refractivity contribution is 6.15. The van der Waals surface area contributed by atoms with Crippen LogP contribution in [0, 0.1) is 0 Å². The third-order valence-corrected chi connectivity index (χ3v) is 13.2. The summed E-state index contributed by atoms with van der Waals surface area (Å²) in [5, 5.41) is 20.4. The number of benzene rings is 5. The maximum Gasteiger partial charge on any atom is 0.303 e. The van der Waals surface area contributed by atoms with E-state index < -0.39 is 35.8 Å². The minimum Gasteiger partial charge on any atom is -0.493 e. The lowest BCUT2D eigenvalue weighted by molar-refractivity contribution is -0.137. The molecule has 0 saturated carbocycles. The highest BCUT2D eigenvalue weighted by atomic mass is 16.5. The van der Waals surface area contributed by atoms with Gasteiger partial charge in [-0.3, -0.25) is 38.7 Å².